The van der Waals surface area contributed by atoms with Crippen molar-refractivity contribution in [3.63, 3.8) is 0 Å². The normalized spacial score (nSPS) is 11.5. The lowest BCUT2D eigenvalue weighted by atomic mass is 10.1. The molecular weight excluding hydrogens is 327 g/mol. The molecule has 0 radical (unpaired) electrons. The number of aliphatic imine (C=N–C) groups is 1. The highest BCUT2D eigenvalue weighted by Crippen LogP contribution is 2.30. The van der Waals surface area contributed by atoms with Crippen LogP contribution in [0.4, 0.5) is 18.9 Å². The lowest BCUT2D eigenvalue weighted by molar-refractivity contribution is -0.184. The van der Waals surface area contributed by atoms with Crippen molar-refractivity contribution in [3.8, 4) is 6.07 Å². The van der Waals surface area contributed by atoms with Crippen LogP contribution in [0, 0.1) is 11.3 Å². The second-order valence-electron chi connectivity index (χ2n) is 4.78. The van der Waals surface area contributed by atoms with Gasteiger partial charge in [-0.1, -0.05) is 0 Å². The predicted molar refractivity (Wildman–Crippen MR) is 79.9 cm³/mol. The average Bonchev–Trinajstić information content (AvgIpc) is 2.82. The van der Waals surface area contributed by atoms with Crippen molar-refractivity contribution in [2.45, 2.75) is 26.1 Å². The molecule has 1 rings (SSSR count). The zero-order chi connectivity index (χ0) is 18.5. The van der Waals surface area contributed by atoms with Crippen LogP contribution in [0.5, 0.6) is 0 Å². The summed E-state index contributed by atoms with van der Waals surface area (Å²) in [5.74, 6) is -1.98. The molecule has 0 unspecified atom stereocenters. The van der Waals surface area contributed by atoms with Crippen molar-refractivity contribution >= 4 is 24.2 Å². The number of nitrogens with zero attached hydrogens (tertiary/aromatic N) is 4. The van der Waals surface area contributed by atoms with E-state index in [1.54, 1.807) is 6.92 Å². The number of hydrogen-bond acceptors (Lipinski definition) is 4. The van der Waals surface area contributed by atoms with E-state index in [4.69, 9.17) is 5.73 Å². The Morgan fingerprint density at radius 2 is 2.12 bits per heavy atom. The van der Waals surface area contributed by atoms with Crippen LogP contribution in [0.15, 0.2) is 4.99 Å². The van der Waals surface area contributed by atoms with E-state index in [1.807, 2.05) is 6.07 Å². The average molecular weight is 343 g/mol. The maximum atomic E-state index is 12.4. The molecule has 1 amide bonds. The molecule has 2 N–H and O–H groups in total. The number of halogens is 3. The van der Waals surface area contributed by atoms with Gasteiger partial charge in [-0.05, 0) is 6.92 Å². The summed E-state index contributed by atoms with van der Waals surface area (Å²) in [6.45, 7) is 1.73. The molecule has 0 aliphatic carbocycles. The van der Waals surface area contributed by atoms with Crippen LogP contribution in [-0.2, 0) is 17.8 Å². The smallest absolute Gasteiger partial charge is 0.390 e. The third-order valence-corrected chi connectivity index (χ3v) is 3.40. The molecule has 130 valence electrons. The molecule has 0 spiro atoms. The van der Waals surface area contributed by atoms with Crippen molar-refractivity contribution in [2.75, 3.05) is 13.6 Å². The van der Waals surface area contributed by atoms with E-state index in [0.29, 0.717) is 23.4 Å². The number of alkyl halides is 3. The Hall–Kier alpha value is -2.83. The summed E-state index contributed by atoms with van der Waals surface area (Å²) in [5, 5.41) is 9.30. The van der Waals surface area contributed by atoms with E-state index in [-0.39, 0.29) is 29.9 Å². The van der Waals surface area contributed by atoms with E-state index >= 15 is 0 Å². The van der Waals surface area contributed by atoms with Crippen molar-refractivity contribution in [3.05, 3.63) is 17.0 Å². The standard InChI is InChI=1S/C14H16F3N5O2/c1-3-22-10(4-5-21(2)13(24)14(15,16)17)9(6-18)12(20-8-19)11(22)7-23/h7-8H,3-5H2,1-2H3,(H2,19,20). The van der Waals surface area contributed by atoms with Gasteiger partial charge in [0.25, 0.3) is 0 Å². The van der Waals surface area contributed by atoms with Gasteiger partial charge in [-0.2, -0.15) is 18.4 Å². The molecule has 0 aromatic carbocycles. The van der Waals surface area contributed by atoms with Gasteiger partial charge in [-0.3, -0.25) is 9.59 Å². The largest absolute Gasteiger partial charge is 0.471 e. The minimum Gasteiger partial charge on any atom is -0.390 e. The maximum absolute atomic E-state index is 12.4. The number of aromatic nitrogens is 1. The zero-order valence-electron chi connectivity index (χ0n) is 13.1. The number of nitriles is 1. The van der Waals surface area contributed by atoms with E-state index < -0.39 is 12.1 Å². The summed E-state index contributed by atoms with van der Waals surface area (Å²) in [5.41, 5.74) is 5.76. The SMILES string of the molecule is CCn1c(C=O)c(N=CN)c(C#N)c1CCN(C)C(=O)C(F)(F)F. The van der Waals surface area contributed by atoms with Crippen LogP contribution in [0.2, 0.25) is 0 Å². The fraction of sp³-hybridized carbons (Fsp3) is 0.429. The van der Waals surface area contributed by atoms with Gasteiger partial charge >= 0.3 is 12.1 Å². The van der Waals surface area contributed by atoms with E-state index in [9.17, 15) is 28.0 Å². The topological polar surface area (TPSA) is 104 Å². The molecule has 10 heteroatoms. The quantitative estimate of drug-likeness (QED) is 0.478. The van der Waals surface area contributed by atoms with Crippen molar-refractivity contribution in [1.82, 2.24) is 9.47 Å². The highest BCUT2D eigenvalue weighted by Gasteiger charge is 2.41. The summed E-state index contributed by atoms with van der Waals surface area (Å²) in [6, 6.07) is 1.89. The van der Waals surface area contributed by atoms with Gasteiger partial charge in [0.2, 0.25) is 0 Å². The van der Waals surface area contributed by atoms with Gasteiger partial charge < -0.3 is 15.2 Å². The monoisotopic (exact) mass is 343 g/mol. The van der Waals surface area contributed by atoms with Gasteiger partial charge in [-0.25, -0.2) is 4.99 Å². The first kappa shape index (κ1) is 19.2. The molecule has 7 nitrogen and oxygen atoms in total. The Kier molecular flexibility index (Phi) is 6.11. The molecule has 0 saturated carbocycles. The number of likely N-dealkylation sites (N-methyl/N-ethyl adjacent to an activating group) is 1. The molecule has 1 aromatic heterocycles. The number of amides is 1. The summed E-state index contributed by atoms with van der Waals surface area (Å²) in [4.78, 5) is 26.8. The van der Waals surface area contributed by atoms with Crippen molar-refractivity contribution < 1.29 is 22.8 Å². The maximum Gasteiger partial charge on any atom is 0.471 e. The zero-order valence-corrected chi connectivity index (χ0v) is 13.1. The van der Waals surface area contributed by atoms with E-state index in [2.05, 4.69) is 4.99 Å². The molecule has 24 heavy (non-hydrogen) atoms. The lowest BCUT2D eigenvalue weighted by Crippen LogP contribution is -2.39. The number of hydrogen-bond donors (Lipinski definition) is 1. The van der Waals surface area contributed by atoms with Gasteiger partial charge in [0, 0.05) is 32.3 Å². The minimum absolute atomic E-state index is 0.0457. The van der Waals surface area contributed by atoms with Crippen LogP contribution >= 0.6 is 0 Å². The second kappa shape index (κ2) is 7.63. The number of rotatable bonds is 6. The van der Waals surface area contributed by atoms with Crippen LogP contribution in [-0.4, -0.2) is 47.8 Å². The van der Waals surface area contributed by atoms with Crippen LogP contribution in [0.3, 0.4) is 0 Å². The number of nitrogens with two attached hydrogens (primary N) is 1. The summed E-state index contributed by atoms with van der Waals surface area (Å²) in [6.07, 6.45) is -3.59. The molecule has 1 aromatic rings. The molecule has 0 aliphatic rings. The third-order valence-electron chi connectivity index (χ3n) is 3.40. The fourth-order valence-electron chi connectivity index (χ4n) is 2.33. The number of carbonyl (C=O) groups excluding carboxylic acids is 2. The van der Waals surface area contributed by atoms with Crippen LogP contribution in [0.1, 0.15) is 28.7 Å². The highest BCUT2D eigenvalue weighted by molar-refractivity contribution is 5.86. The Balaban J connectivity index is 3.23. The van der Waals surface area contributed by atoms with Gasteiger partial charge in [0.15, 0.2) is 6.29 Å². The summed E-state index contributed by atoms with van der Waals surface area (Å²) < 4.78 is 38.7. The first-order chi connectivity index (χ1) is 11.2. The molecule has 1 heterocycles. The first-order valence-corrected chi connectivity index (χ1v) is 6.90. The molecule has 0 atom stereocenters. The number of aldehydes is 1. The van der Waals surface area contributed by atoms with Gasteiger partial charge in [0.1, 0.15) is 17.5 Å². The Morgan fingerprint density at radius 1 is 1.50 bits per heavy atom. The fourth-order valence-corrected chi connectivity index (χ4v) is 2.33. The predicted octanol–water partition coefficient (Wildman–Crippen LogP) is 1.37. The van der Waals surface area contributed by atoms with E-state index in [0.717, 1.165) is 13.4 Å². The molecule has 0 aliphatic heterocycles. The third kappa shape index (κ3) is 3.73. The van der Waals surface area contributed by atoms with Gasteiger partial charge in [0.05, 0.1) is 11.9 Å². The van der Waals surface area contributed by atoms with Crippen LogP contribution in [0.25, 0.3) is 0 Å². The Bertz CT molecular complexity index is 701. The summed E-state index contributed by atoms with van der Waals surface area (Å²) >= 11 is 0. The first-order valence-electron chi connectivity index (χ1n) is 6.90. The Morgan fingerprint density at radius 3 is 2.54 bits per heavy atom. The molecule has 0 bridgehead atoms. The number of carbonyl (C=O) groups is 2. The van der Waals surface area contributed by atoms with Crippen molar-refractivity contribution in [1.29, 1.82) is 5.26 Å². The van der Waals surface area contributed by atoms with E-state index in [1.165, 1.54) is 4.57 Å². The van der Waals surface area contributed by atoms with Crippen molar-refractivity contribution in [2.24, 2.45) is 10.7 Å². The lowest BCUT2D eigenvalue weighted by Gasteiger charge is -2.19. The Labute approximate surface area is 136 Å². The van der Waals surface area contributed by atoms with Crippen LogP contribution < -0.4 is 5.73 Å². The molecule has 0 saturated heterocycles. The second-order valence-corrected chi connectivity index (χ2v) is 4.78. The minimum atomic E-state index is -4.97. The van der Waals surface area contributed by atoms with Gasteiger partial charge in [-0.15, -0.1) is 0 Å². The summed E-state index contributed by atoms with van der Waals surface area (Å²) in [7, 11) is 1.01. The molecule has 0 fully saturated rings. The highest BCUT2D eigenvalue weighted by atomic mass is 19.4. The molecular formula is C14H16F3N5O2.